The molecule has 8 heteroatoms. The fourth-order valence-electron chi connectivity index (χ4n) is 1.74. The minimum atomic E-state index is -0.361. The van der Waals surface area contributed by atoms with Crippen LogP contribution in [0.2, 0.25) is 0 Å². The number of phenolic OH excluding ortho intramolecular Hbond substituents is 1. The highest BCUT2D eigenvalue weighted by atomic mass is 79.9. The third-order valence-corrected chi connectivity index (χ3v) is 4.52. The molecule has 0 heterocycles. The summed E-state index contributed by atoms with van der Waals surface area (Å²) in [6, 6.07) is 9.45. The Labute approximate surface area is 151 Å². The maximum atomic E-state index is 13.4. The smallest absolute Gasteiger partial charge is 0.250 e. The van der Waals surface area contributed by atoms with E-state index in [1.165, 1.54) is 19.4 Å². The Morgan fingerprint density at radius 3 is 2.92 bits per heavy atom. The monoisotopic (exact) mass is 412 g/mol. The number of amides is 1. The molecule has 0 atom stereocenters. The van der Waals surface area contributed by atoms with Gasteiger partial charge in [-0.3, -0.25) is 4.79 Å². The Hall–Kier alpha value is -2.06. The molecule has 0 saturated carbocycles. The van der Waals surface area contributed by atoms with Crippen LogP contribution in [0.4, 0.5) is 4.39 Å². The Kier molecular flexibility index (Phi) is 6.62. The van der Waals surface area contributed by atoms with Gasteiger partial charge in [-0.15, -0.1) is 11.8 Å². The van der Waals surface area contributed by atoms with E-state index in [1.807, 2.05) is 0 Å². The summed E-state index contributed by atoms with van der Waals surface area (Å²) in [5.74, 6) is -0.405. The molecule has 2 aromatic rings. The molecule has 0 fully saturated rings. The molecule has 24 heavy (non-hydrogen) atoms. The van der Waals surface area contributed by atoms with Crippen molar-refractivity contribution in [3.05, 3.63) is 52.3 Å². The van der Waals surface area contributed by atoms with E-state index >= 15 is 0 Å². The predicted octanol–water partition coefficient (Wildman–Crippen LogP) is 3.54. The molecular weight excluding hydrogens is 399 g/mol. The van der Waals surface area contributed by atoms with Crippen LogP contribution in [0.1, 0.15) is 5.56 Å². The first-order valence-corrected chi connectivity index (χ1v) is 8.55. The molecule has 0 radical (unpaired) electrons. The van der Waals surface area contributed by atoms with Crippen LogP contribution in [0, 0.1) is 5.82 Å². The Bertz CT molecular complexity index is 771. The largest absolute Gasteiger partial charge is 0.503 e. The second-order valence-corrected chi connectivity index (χ2v) is 6.44. The summed E-state index contributed by atoms with van der Waals surface area (Å²) in [5.41, 5.74) is 2.98. The molecular formula is C16H14BrFN2O3S. The van der Waals surface area contributed by atoms with Gasteiger partial charge in [-0.1, -0.05) is 12.1 Å². The van der Waals surface area contributed by atoms with Gasteiger partial charge in [-0.05, 0) is 45.8 Å². The highest BCUT2D eigenvalue weighted by molar-refractivity contribution is 9.10. The summed E-state index contributed by atoms with van der Waals surface area (Å²) in [7, 11) is 1.43. The minimum Gasteiger partial charge on any atom is -0.503 e. The average molecular weight is 413 g/mol. The van der Waals surface area contributed by atoms with Gasteiger partial charge in [0.1, 0.15) is 5.82 Å². The molecule has 0 spiro atoms. The number of thioether (sulfide) groups is 1. The number of hydrogen-bond donors (Lipinski definition) is 2. The van der Waals surface area contributed by atoms with Crippen LogP contribution in [0.3, 0.4) is 0 Å². The van der Waals surface area contributed by atoms with E-state index in [1.54, 1.807) is 30.3 Å². The van der Waals surface area contributed by atoms with Crippen molar-refractivity contribution in [1.82, 2.24) is 5.43 Å². The number of carbonyl (C=O) groups is 1. The lowest BCUT2D eigenvalue weighted by molar-refractivity contribution is -0.118. The predicted molar refractivity (Wildman–Crippen MR) is 95.2 cm³/mol. The van der Waals surface area contributed by atoms with Crippen molar-refractivity contribution in [2.24, 2.45) is 5.10 Å². The third-order valence-electron chi connectivity index (χ3n) is 2.87. The number of carbonyl (C=O) groups excluding carboxylic acids is 1. The van der Waals surface area contributed by atoms with Crippen molar-refractivity contribution < 1.29 is 19.0 Å². The minimum absolute atomic E-state index is 0.0139. The van der Waals surface area contributed by atoms with E-state index in [2.05, 4.69) is 26.5 Å². The Morgan fingerprint density at radius 2 is 2.21 bits per heavy atom. The van der Waals surface area contributed by atoms with Crippen molar-refractivity contribution in [2.45, 2.75) is 4.90 Å². The number of methoxy groups -OCH3 is 1. The highest BCUT2D eigenvalue weighted by Gasteiger charge is 2.08. The molecule has 0 aromatic heterocycles. The number of halogens is 2. The molecule has 2 aromatic carbocycles. The second-order valence-electron chi connectivity index (χ2n) is 4.57. The molecule has 1 amide bonds. The van der Waals surface area contributed by atoms with Crippen LogP contribution in [-0.4, -0.2) is 30.1 Å². The van der Waals surface area contributed by atoms with Gasteiger partial charge in [-0.2, -0.15) is 5.10 Å². The van der Waals surface area contributed by atoms with E-state index in [4.69, 9.17) is 4.74 Å². The average Bonchev–Trinajstić information content (AvgIpc) is 2.57. The molecule has 0 aliphatic heterocycles. The number of benzene rings is 2. The number of hydrogen-bond acceptors (Lipinski definition) is 5. The van der Waals surface area contributed by atoms with Gasteiger partial charge in [-0.25, -0.2) is 9.82 Å². The number of rotatable bonds is 6. The van der Waals surface area contributed by atoms with Crippen molar-refractivity contribution in [1.29, 1.82) is 0 Å². The maximum Gasteiger partial charge on any atom is 0.250 e. The summed E-state index contributed by atoms with van der Waals surface area (Å²) in [6.45, 7) is 0. The fraction of sp³-hybridized carbons (Fsp3) is 0.125. The zero-order valence-electron chi connectivity index (χ0n) is 12.6. The standard InChI is InChI=1S/C16H14BrFN2O3S/c1-23-13-7-10(6-11(17)16(13)22)8-19-20-15(21)9-24-14-5-3-2-4-12(14)18/h2-8,22H,9H2,1H3,(H,20,21)/b19-8+. The highest BCUT2D eigenvalue weighted by Crippen LogP contribution is 2.34. The first kappa shape index (κ1) is 18.3. The molecule has 5 nitrogen and oxygen atoms in total. The van der Waals surface area contributed by atoms with Crippen LogP contribution in [0.25, 0.3) is 0 Å². The third kappa shape index (κ3) is 4.97. The van der Waals surface area contributed by atoms with Gasteiger partial charge in [0.2, 0.25) is 5.91 Å². The Morgan fingerprint density at radius 1 is 1.46 bits per heavy atom. The van der Waals surface area contributed by atoms with Gasteiger partial charge in [0.15, 0.2) is 11.5 Å². The number of nitrogens with zero attached hydrogens (tertiary/aromatic N) is 1. The lowest BCUT2D eigenvalue weighted by Crippen LogP contribution is -2.19. The van der Waals surface area contributed by atoms with Crippen LogP contribution >= 0.6 is 27.7 Å². The molecule has 0 saturated heterocycles. The molecule has 0 bridgehead atoms. The van der Waals surface area contributed by atoms with Gasteiger partial charge in [0.05, 0.1) is 23.5 Å². The molecule has 2 rings (SSSR count). The number of ether oxygens (including phenoxy) is 1. The molecule has 0 unspecified atom stereocenters. The van der Waals surface area contributed by atoms with E-state index in [-0.39, 0.29) is 29.0 Å². The summed E-state index contributed by atoms with van der Waals surface area (Å²) in [4.78, 5) is 12.1. The van der Waals surface area contributed by atoms with Crippen molar-refractivity contribution in [3.8, 4) is 11.5 Å². The number of hydrazone groups is 1. The molecule has 0 aliphatic carbocycles. The van der Waals surface area contributed by atoms with E-state index in [9.17, 15) is 14.3 Å². The van der Waals surface area contributed by atoms with Crippen molar-refractivity contribution in [3.63, 3.8) is 0 Å². The van der Waals surface area contributed by atoms with Gasteiger partial charge in [0, 0.05) is 4.90 Å². The lowest BCUT2D eigenvalue weighted by atomic mass is 10.2. The normalized spacial score (nSPS) is 10.8. The summed E-state index contributed by atoms with van der Waals surface area (Å²) in [6.07, 6.45) is 1.42. The first-order valence-electron chi connectivity index (χ1n) is 6.77. The zero-order chi connectivity index (χ0) is 17.5. The Balaban J connectivity index is 1.91. The van der Waals surface area contributed by atoms with Crippen LogP contribution in [-0.2, 0) is 4.79 Å². The van der Waals surface area contributed by atoms with Crippen molar-refractivity contribution in [2.75, 3.05) is 12.9 Å². The van der Waals surface area contributed by atoms with E-state index in [0.29, 0.717) is 14.9 Å². The summed E-state index contributed by atoms with van der Waals surface area (Å²) in [5, 5.41) is 13.5. The molecule has 126 valence electrons. The first-order chi connectivity index (χ1) is 11.5. The number of phenols is 1. The zero-order valence-corrected chi connectivity index (χ0v) is 15.0. The second kappa shape index (κ2) is 8.70. The fourth-order valence-corrected chi connectivity index (χ4v) is 2.93. The van der Waals surface area contributed by atoms with Crippen molar-refractivity contribution >= 4 is 39.8 Å². The van der Waals surface area contributed by atoms with Gasteiger partial charge < -0.3 is 9.84 Å². The quantitative estimate of drug-likeness (QED) is 0.432. The van der Waals surface area contributed by atoms with E-state index in [0.717, 1.165) is 11.8 Å². The van der Waals surface area contributed by atoms with Crippen LogP contribution in [0.5, 0.6) is 11.5 Å². The number of nitrogens with one attached hydrogen (secondary N) is 1. The van der Waals surface area contributed by atoms with Gasteiger partial charge >= 0.3 is 0 Å². The number of aromatic hydroxyl groups is 1. The van der Waals surface area contributed by atoms with E-state index < -0.39 is 0 Å². The lowest BCUT2D eigenvalue weighted by Gasteiger charge is -2.06. The maximum absolute atomic E-state index is 13.4. The summed E-state index contributed by atoms with van der Waals surface area (Å²) < 4.78 is 18.9. The van der Waals surface area contributed by atoms with Crippen LogP contribution in [0.15, 0.2) is 50.9 Å². The molecule has 0 aliphatic rings. The summed E-state index contributed by atoms with van der Waals surface area (Å²) >= 11 is 4.29. The van der Waals surface area contributed by atoms with Crippen LogP contribution < -0.4 is 10.2 Å². The molecule has 2 N–H and O–H groups in total. The topological polar surface area (TPSA) is 70.9 Å². The SMILES string of the molecule is COc1cc(/C=N/NC(=O)CSc2ccccc2F)cc(Br)c1O. The van der Waals surface area contributed by atoms with Gasteiger partial charge in [0.25, 0.3) is 0 Å².